The molecular formula is C12H16N2. The fourth-order valence-corrected chi connectivity index (χ4v) is 2.92. The molecule has 0 aliphatic carbocycles. The van der Waals surface area contributed by atoms with Gasteiger partial charge in [-0.15, -0.1) is 0 Å². The molecule has 14 heavy (non-hydrogen) atoms. The van der Waals surface area contributed by atoms with E-state index in [1.165, 1.54) is 31.4 Å². The summed E-state index contributed by atoms with van der Waals surface area (Å²) in [6.07, 6.45) is 7.22. The Hall–Kier alpha value is -0.890. The molecule has 2 bridgehead atoms. The minimum Gasteiger partial charge on any atom is -0.311 e. The van der Waals surface area contributed by atoms with Crippen molar-refractivity contribution in [2.24, 2.45) is 0 Å². The summed E-state index contributed by atoms with van der Waals surface area (Å²) in [5.74, 6) is 0.704. The number of pyridine rings is 1. The van der Waals surface area contributed by atoms with Crippen molar-refractivity contribution in [2.75, 3.05) is 0 Å². The normalized spacial score (nSPS) is 35.9. The van der Waals surface area contributed by atoms with E-state index in [-0.39, 0.29) is 0 Å². The third-order valence-electron chi connectivity index (χ3n) is 3.58. The highest BCUT2D eigenvalue weighted by molar-refractivity contribution is 5.13. The molecule has 74 valence electrons. The van der Waals surface area contributed by atoms with Crippen LogP contribution in [-0.4, -0.2) is 17.1 Å². The Kier molecular flexibility index (Phi) is 2.02. The standard InChI is InChI=1S/C12H16N2/c1-2-6-13-12(3-1)9-7-10-4-5-11(8-9)14-10/h1-3,6,9-11,14H,4-5,7-8H2/t9?,10-,11+. The van der Waals surface area contributed by atoms with Crippen molar-refractivity contribution in [3.05, 3.63) is 30.1 Å². The van der Waals surface area contributed by atoms with Gasteiger partial charge < -0.3 is 5.32 Å². The fourth-order valence-electron chi connectivity index (χ4n) is 2.92. The highest BCUT2D eigenvalue weighted by Crippen LogP contribution is 2.36. The van der Waals surface area contributed by atoms with Gasteiger partial charge in [0.05, 0.1) is 0 Å². The number of piperidine rings is 1. The Morgan fingerprint density at radius 1 is 1.14 bits per heavy atom. The first-order chi connectivity index (χ1) is 6.92. The van der Waals surface area contributed by atoms with Gasteiger partial charge in [-0.2, -0.15) is 0 Å². The van der Waals surface area contributed by atoms with Gasteiger partial charge in [-0.3, -0.25) is 4.98 Å². The first-order valence-corrected chi connectivity index (χ1v) is 5.59. The molecule has 3 heterocycles. The number of hydrogen-bond donors (Lipinski definition) is 1. The van der Waals surface area contributed by atoms with Crippen LogP contribution in [0.1, 0.15) is 37.3 Å². The van der Waals surface area contributed by atoms with Crippen LogP contribution in [0, 0.1) is 0 Å². The molecule has 2 heteroatoms. The van der Waals surface area contributed by atoms with Crippen LogP contribution in [-0.2, 0) is 0 Å². The van der Waals surface area contributed by atoms with E-state index in [4.69, 9.17) is 0 Å². The Labute approximate surface area is 84.7 Å². The molecule has 0 amide bonds. The highest BCUT2D eigenvalue weighted by Gasteiger charge is 2.34. The van der Waals surface area contributed by atoms with Crippen LogP contribution < -0.4 is 5.32 Å². The van der Waals surface area contributed by atoms with E-state index in [0.29, 0.717) is 5.92 Å². The summed E-state index contributed by atoms with van der Waals surface area (Å²) in [6.45, 7) is 0. The molecule has 1 unspecified atom stereocenters. The average Bonchev–Trinajstić information content (AvgIpc) is 2.59. The largest absolute Gasteiger partial charge is 0.311 e. The highest BCUT2D eigenvalue weighted by atomic mass is 15.0. The maximum absolute atomic E-state index is 4.47. The summed E-state index contributed by atoms with van der Waals surface area (Å²) < 4.78 is 0. The zero-order valence-corrected chi connectivity index (χ0v) is 8.32. The number of nitrogens with one attached hydrogen (secondary N) is 1. The lowest BCUT2D eigenvalue weighted by Crippen LogP contribution is -2.37. The van der Waals surface area contributed by atoms with Crippen molar-refractivity contribution in [2.45, 2.75) is 43.7 Å². The summed E-state index contributed by atoms with van der Waals surface area (Å²) in [5, 5.41) is 3.66. The van der Waals surface area contributed by atoms with Gasteiger partial charge in [-0.25, -0.2) is 0 Å². The van der Waals surface area contributed by atoms with Crippen LogP contribution in [0.5, 0.6) is 0 Å². The van der Waals surface area contributed by atoms with E-state index in [1.807, 2.05) is 12.3 Å². The molecular weight excluding hydrogens is 172 g/mol. The fraction of sp³-hybridized carbons (Fsp3) is 0.583. The smallest absolute Gasteiger partial charge is 0.0435 e. The van der Waals surface area contributed by atoms with Crippen molar-refractivity contribution in [1.29, 1.82) is 0 Å². The lowest BCUT2D eigenvalue weighted by atomic mass is 9.89. The van der Waals surface area contributed by atoms with Gasteiger partial charge in [0.1, 0.15) is 0 Å². The number of fused-ring (bicyclic) bond motifs is 2. The number of hydrogen-bond acceptors (Lipinski definition) is 2. The van der Waals surface area contributed by atoms with E-state index < -0.39 is 0 Å². The monoisotopic (exact) mass is 188 g/mol. The SMILES string of the molecule is c1ccc(C2C[C@H]3CC[C@@H](C2)N3)nc1. The van der Waals surface area contributed by atoms with E-state index >= 15 is 0 Å². The molecule has 0 spiro atoms. The predicted molar refractivity (Wildman–Crippen MR) is 56.2 cm³/mol. The van der Waals surface area contributed by atoms with Crippen LogP contribution in [0.3, 0.4) is 0 Å². The second kappa shape index (κ2) is 3.35. The van der Waals surface area contributed by atoms with E-state index in [0.717, 1.165) is 12.1 Å². The molecule has 1 aromatic rings. The van der Waals surface area contributed by atoms with Gasteiger partial charge in [0, 0.05) is 29.9 Å². The van der Waals surface area contributed by atoms with Gasteiger partial charge in [0.2, 0.25) is 0 Å². The quantitative estimate of drug-likeness (QED) is 0.730. The van der Waals surface area contributed by atoms with Crippen LogP contribution in [0.2, 0.25) is 0 Å². The van der Waals surface area contributed by atoms with Gasteiger partial charge in [-0.1, -0.05) is 6.07 Å². The Bertz CT molecular complexity index is 297. The summed E-state index contributed by atoms with van der Waals surface area (Å²) >= 11 is 0. The van der Waals surface area contributed by atoms with Gasteiger partial charge in [0.15, 0.2) is 0 Å². The summed E-state index contributed by atoms with van der Waals surface area (Å²) in [4.78, 5) is 4.47. The van der Waals surface area contributed by atoms with E-state index in [1.54, 1.807) is 0 Å². The lowest BCUT2D eigenvalue weighted by molar-refractivity contribution is 0.359. The number of nitrogens with zero attached hydrogens (tertiary/aromatic N) is 1. The molecule has 2 saturated heterocycles. The first kappa shape index (κ1) is 8.42. The molecule has 0 radical (unpaired) electrons. The van der Waals surface area contributed by atoms with Crippen molar-refractivity contribution < 1.29 is 0 Å². The predicted octanol–water partition coefficient (Wildman–Crippen LogP) is 2.08. The third kappa shape index (κ3) is 1.44. The van der Waals surface area contributed by atoms with Crippen LogP contribution in [0.25, 0.3) is 0 Å². The molecule has 0 aromatic carbocycles. The molecule has 1 N–H and O–H groups in total. The van der Waals surface area contributed by atoms with E-state index in [9.17, 15) is 0 Å². The zero-order chi connectivity index (χ0) is 9.38. The number of rotatable bonds is 1. The molecule has 2 fully saturated rings. The van der Waals surface area contributed by atoms with Crippen LogP contribution in [0.4, 0.5) is 0 Å². The second-order valence-electron chi connectivity index (χ2n) is 4.56. The maximum Gasteiger partial charge on any atom is 0.0435 e. The van der Waals surface area contributed by atoms with Gasteiger partial charge in [0.25, 0.3) is 0 Å². The molecule has 3 rings (SSSR count). The number of aromatic nitrogens is 1. The van der Waals surface area contributed by atoms with E-state index in [2.05, 4.69) is 22.4 Å². The summed E-state index contributed by atoms with van der Waals surface area (Å²) in [6, 6.07) is 7.81. The topological polar surface area (TPSA) is 24.9 Å². The molecule has 0 saturated carbocycles. The average molecular weight is 188 g/mol. The minimum absolute atomic E-state index is 0.704. The molecule has 2 aliphatic rings. The van der Waals surface area contributed by atoms with Crippen molar-refractivity contribution in [3.63, 3.8) is 0 Å². The molecule has 1 aromatic heterocycles. The van der Waals surface area contributed by atoms with Crippen molar-refractivity contribution in [1.82, 2.24) is 10.3 Å². The minimum atomic E-state index is 0.704. The molecule has 2 nitrogen and oxygen atoms in total. The Morgan fingerprint density at radius 2 is 1.93 bits per heavy atom. The Morgan fingerprint density at radius 3 is 2.57 bits per heavy atom. The van der Waals surface area contributed by atoms with Gasteiger partial charge >= 0.3 is 0 Å². The molecule has 2 aliphatic heterocycles. The summed E-state index contributed by atoms with van der Waals surface area (Å²) in [7, 11) is 0. The first-order valence-electron chi connectivity index (χ1n) is 5.59. The maximum atomic E-state index is 4.47. The van der Waals surface area contributed by atoms with Crippen molar-refractivity contribution in [3.8, 4) is 0 Å². The summed E-state index contributed by atoms with van der Waals surface area (Å²) in [5.41, 5.74) is 1.30. The third-order valence-corrected chi connectivity index (χ3v) is 3.58. The zero-order valence-electron chi connectivity index (χ0n) is 8.32. The molecule has 3 atom stereocenters. The van der Waals surface area contributed by atoms with Crippen molar-refractivity contribution >= 4 is 0 Å². The lowest BCUT2D eigenvalue weighted by Gasteiger charge is -2.28. The van der Waals surface area contributed by atoms with Crippen LogP contribution >= 0.6 is 0 Å². The van der Waals surface area contributed by atoms with Gasteiger partial charge in [-0.05, 0) is 37.8 Å². The van der Waals surface area contributed by atoms with Crippen LogP contribution in [0.15, 0.2) is 24.4 Å². The Balaban J connectivity index is 1.81. The second-order valence-corrected chi connectivity index (χ2v) is 4.56.